The Balaban J connectivity index is 2.54. The molecular weight excluding hydrogens is 206 g/mol. The molecule has 1 atom stereocenters. The molecule has 84 valence electrons. The summed E-state index contributed by atoms with van der Waals surface area (Å²) in [7, 11) is -3.37. The van der Waals surface area contributed by atoms with E-state index in [2.05, 4.69) is 4.72 Å². The van der Waals surface area contributed by atoms with E-state index in [-0.39, 0.29) is 6.04 Å². The molecule has 1 aliphatic rings. The summed E-state index contributed by atoms with van der Waals surface area (Å²) in [5, 5.41) is 0. The molecule has 0 aliphatic carbocycles. The van der Waals surface area contributed by atoms with Crippen molar-refractivity contribution >= 4 is 10.2 Å². The van der Waals surface area contributed by atoms with Crippen LogP contribution in [-0.2, 0) is 14.9 Å². The molecule has 0 radical (unpaired) electrons. The van der Waals surface area contributed by atoms with Crippen molar-refractivity contribution in [2.75, 3.05) is 32.8 Å². The van der Waals surface area contributed by atoms with Crippen LogP contribution in [0.4, 0.5) is 0 Å². The normalized spacial score (nSPS) is 22.1. The number of hydrogen-bond acceptors (Lipinski definition) is 4. The second-order valence-corrected chi connectivity index (χ2v) is 4.97. The number of ether oxygens (including phenoxy) is 1. The van der Waals surface area contributed by atoms with Gasteiger partial charge in [0.25, 0.3) is 10.2 Å². The van der Waals surface area contributed by atoms with Crippen molar-refractivity contribution in [2.45, 2.75) is 13.0 Å². The number of rotatable bonds is 4. The Morgan fingerprint density at radius 3 is 2.57 bits per heavy atom. The van der Waals surface area contributed by atoms with Crippen molar-refractivity contribution < 1.29 is 13.2 Å². The van der Waals surface area contributed by atoms with Gasteiger partial charge >= 0.3 is 0 Å². The summed E-state index contributed by atoms with van der Waals surface area (Å²) in [5.41, 5.74) is 5.34. The lowest BCUT2D eigenvalue weighted by Gasteiger charge is -2.27. The molecule has 0 amide bonds. The molecule has 1 rings (SSSR count). The van der Waals surface area contributed by atoms with Crippen molar-refractivity contribution in [2.24, 2.45) is 5.73 Å². The minimum absolute atomic E-state index is 0.233. The quantitative estimate of drug-likeness (QED) is 0.607. The standard InChI is InChI=1S/C7H17N3O3S/c1-7(6-8)9-14(11,12)10-2-4-13-5-3-10/h7,9H,2-6,8H2,1H3. The van der Waals surface area contributed by atoms with Gasteiger partial charge < -0.3 is 10.5 Å². The topological polar surface area (TPSA) is 84.7 Å². The van der Waals surface area contributed by atoms with E-state index in [1.54, 1.807) is 6.92 Å². The Kier molecular flexibility index (Phi) is 4.27. The van der Waals surface area contributed by atoms with Crippen LogP contribution < -0.4 is 10.5 Å². The summed E-state index contributed by atoms with van der Waals surface area (Å²) >= 11 is 0. The largest absolute Gasteiger partial charge is 0.379 e. The van der Waals surface area contributed by atoms with E-state index in [9.17, 15) is 8.42 Å². The number of hydrogen-bond donors (Lipinski definition) is 2. The molecule has 0 saturated carbocycles. The van der Waals surface area contributed by atoms with Crippen LogP contribution in [0.3, 0.4) is 0 Å². The molecule has 0 spiro atoms. The smallest absolute Gasteiger partial charge is 0.279 e. The summed E-state index contributed by atoms with van der Waals surface area (Å²) in [4.78, 5) is 0. The first-order chi connectivity index (χ1) is 6.56. The minimum atomic E-state index is -3.37. The lowest BCUT2D eigenvalue weighted by atomic mass is 10.4. The Morgan fingerprint density at radius 2 is 2.07 bits per heavy atom. The fourth-order valence-electron chi connectivity index (χ4n) is 1.16. The van der Waals surface area contributed by atoms with Crippen LogP contribution in [0.5, 0.6) is 0 Å². The first-order valence-corrected chi connectivity index (χ1v) is 6.05. The predicted molar refractivity (Wildman–Crippen MR) is 53.0 cm³/mol. The average molecular weight is 223 g/mol. The molecule has 1 fully saturated rings. The molecule has 1 aliphatic heterocycles. The first-order valence-electron chi connectivity index (χ1n) is 4.61. The highest BCUT2D eigenvalue weighted by molar-refractivity contribution is 7.87. The van der Waals surface area contributed by atoms with Crippen LogP contribution in [-0.4, -0.2) is 51.6 Å². The summed E-state index contributed by atoms with van der Waals surface area (Å²) < 4.78 is 32.3. The van der Waals surface area contributed by atoms with E-state index in [1.165, 1.54) is 4.31 Å². The maximum atomic E-state index is 11.7. The summed E-state index contributed by atoms with van der Waals surface area (Å²) in [6.45, 7) is 3.76. The highest BCUT2D eigenvalue weighted by Crippen LogP contribution is 2.03. The second-order valence-electron chi connectivity index (χ2n) is 3.27. The van der Waals surface area contributed by atoms with Crippen LogP contribution in [0.25, 0.3) is 0 Å². The van der Waals surface area contributed by atoms with Crippen molar-refractivity contribution in [1.82, 2.24) is 9.03 Å². The number of nitrogens with two attached hydrogens (primary N) is 1. The SMILES string of the molecule is CC(CN)NS(=O)(=O)N1CCOCC1. The molecule has 1 saturated heterocycles. The van der Waals surface area contributed by atoms with Gasteiger partial charge in [0.1, 0.15) is 0 Å². The van der Waals surface area contributed by atoms with Crippen molar-refractivity contribution in [3.63, 3.8) is 0 Å². The molecule has 7 heteroatoms. The molecule has 0 aromatic heterocycles. The van der Waals surface area contributed by atoms with E-state index < -0.39 is 10.2 Å². The van der Waals surface area contributed by atoms with Gasteiger partial charge in [0.2, 0.25) is 0 Å². The lowest BCUT2D eigenvalue weighted by Crippen LogP contribution is -2.50. The summed E-state index contributed by atoms with van der Waals surface area (Å²) in [6, 6.07) is -0.233. The fraction of sp³-hybridized carbons (Fsp3) is 1.00. The van der Waals surface area contributed by atoms with E-state index in [0.717, 1.165) is 0 Å². The number of nitrogens with zero attached hydrogens (tertiary/aromatic N) is 1. The van der Waals surface area contributed by atoms with Crippen LogP contribution >= 0.6 is 0 Å². The molecule has 6 nitrogen and oxygen atoms in total. The van der Waals surface area contributed by atoms with E-state index in [0.29, 0.717) is 32.8 Å². The van der Waals surface area contributed by atoms with E-state index in [4.69, 9.17) is 10.5 Å². The zero-order valence-electron chi connectivity index (χ0n) is 8.27. The third-order valence-corrected chi connectivity index (χ3v) is 3.76. The summed E-state index contributed by atoms with van der Waals surface area (Å²) in [6.07, 6.45) is 0. The second kappa shape index (κ2) is 5.04. The maximum absolute atomic E-state index is 11.7. The van der Waals surface area contributed by atoms with Crippen molar-refractivity contribution in [3.8, 4) is 0 Å². The van der Waals surface area contributed by atoms with Gasteiger partial charge in [0.05, 0.1) is 13.2 Å². The zero-order valence-corrected chi connectivity index (χ0v) is 9.09. The number of morpholine rings is 1. The molecular formula is C7H17N3O3S. The average Bonchev–Trinajstić information content (AvgIpc) is 2.18. The monoisotopic (exact) mass is 223 g/mol. The van der Waals surface area contributed by atoms with Gasteiger partial charge in [-0.3, -0.25) is 0 Å². The van der Waals surface area contributed by atoms with Gasteiger partial charge in [0, 0.05) is 25.7 Å². The Hall–Kier alpha value is -0.210. The van der Waals surface area contributed by atoms with Gasteiger partial charge in [-0.1, -0.05) is 0 Å². The fourth-order valence-corrected chi connectivity index (χ4v) is 2.55. The molecule has 14 heavy (non-hydrogen) atoms. The van der Waals surface area contributed by atoms with Crippen molar-refractivity contribution in [1.29, 1.82) is 0 Å². The summed E-state index contributed by atoms with van der Waals surface area (Å²) in [5.74, 6) is 0. The van der Waals surface area contributed by atoms with E-state index >= 15 is 0 Å². The lowest BCUT2D eigenvalue weighted by molar-refractivity contribution is 0.0723. The highest BCUT2D eigenvalue weighted by atomic mass is 32.2. The molecule has 1 heterocycles. The van der Waals surface area contributed by atoms with Crippen LogP contribution in [0.1, 0.15) is 6.92 Å². The minimum Gasteiger partial charge on any atom is -0.379 e. The third kappa shape index (κ3) is 3.18. The van der Waals surface area contributed by atoms with Gasteiger partial charge in [-0.15, -0.1) is 0 Å². The molecule has 0 aromatic carbocycles. The van der Waals surface area contributed by atoms with E-state index in [1.807, 2.05) is 0 Å². The highest BCUT2D eigenvalue weighted by Gasteiger charge is 2.24. The first kappa shape index (κ1) is 11.9. The molecule has 1 unspecified atom stereocenters. The van der Waals surface area contributed by atoms with Gasteiger partial charge in [-0.05, 0) is 6.92 Å². The Labute approximate surface area is 84.6 Å². The Morgan fingerprint density at radius 1 is 1.50 bits per heavy atom. The van der Waals surface area contributed by atoms with Crippen LogP contribution in [0.15, 0.2) is 0 Å². The van der Waals surface area contributed by atoms with Gasteiger partial charge in [-0.2, -0.15) is 17.4 Å². The zero-order chi connectivity index (χ0) is 10.6. The molecule has 0 bridgehead atoms. The van der Waals surface area contributed by atoms with Crippen LogP contribution in [0.2, 0.25) is 0 Å². The molecule has 0 aromatic rings. The maximum Gasteiger partial charge on any atom is 0.279 e. The van der Waals surface area contributed by atoms with Crippen LogP contribution in [0, 0.1) is 0 Å². The van der Waals surface area contributed by atoms with Crippen molar-refractivity contribution in [3.05, 3.63) is 0 Å². The third-order valence-electron chi connectivity index (χ3n) is 2.01. The predicted octanol–water partition coefficient (Wildman–Crippen LogP) is -1.50. The van der Waals surface area contributed by atoms with Gasteiger partial charge in [0.15, 0.2) is 0 Å². The number of nitrogens with one attached hydrogen (secondary N) is 1. The molecule has 3 N–H and O–H groups in total. The van der Waals surface area contributed by atoms with Gasteiger partial charge in [-0.25, -0.2) is 0 Å². The Bertz CT molecular complexity index is 261.